The minimum atomic E-state index is -4.26. The first-order chi connectivity index (χ1) is 13.7. The molecule has 0 amide bonds. The summed E-state index contributed by atoms with van der Waals surface area (Å²) < 4.78 is 57.3. The molecular formula is C19H13F2IN4O2S. The predicted octanol–water partition coefficient (Wildman–Crippen LogP) is 4.39. The van der Waals surface area contributed by atoms with Crippen molar-refractivity contribution >= 4 is 43.8 Å². The molecule has 3 aromatic heterocycles. The molecule has 0 saturated heterocycles. The highest BCUT2D eigenvalue weighted by molar-refractivity contribution is 14.1. The van der Waals surface area contributed by atoms with E-state index >= 15 is 0 Å². The van der Waals surface area contributed by atoms with Crippen LogP contribution in [0, 0.1) is 22.1 Å². The molecule has 3 heterocycles. The summed E-state index contributed by atoms with van der Waals surface area (Å²) in [6, 6.07) is 7.67. The van der Waals surface area contributed by atoms with E-state index in [0.717, 1.165) is 26.8 Å². The molecule has 0 atom stereocenters. The number of hydrogen-bond donors (Lipinski definition) is 1. The van der Waals surface area contributed by atoms with Crippen LogP contribution in [0.5, 0.6) is 0 Å². The summed E-state index contributed by atoms with van der Waals surface area (Å²) in [6.07, 6.45) is 5.16. The number of benzene rings is 1. The number of fused-ring (bicyclic) bond motifs is 1. The number of anilines is 1. The topological polar surface area (TPSA) is 76.4 Å². The van der Waals surface area contributed by atoms with Crippen LogP contribution in [0.4, 0.5) is 14.5 Å². The molecule has 6 nitrogen and oxygen atoms in total. The van der Waals surface area contributed by atoms with Crippen molar-refractivity contribution in [2.45, 2.75) is 11.8 Å². The van der Waals surface area contributed by atoms with Crippen molar-refractivity contribution < 1.29 is 17.2 Å². The molecule has 1 aromatic carbocycles. The minimum Gasteiger partial charge on any atom is -0.278 e. The van der Waals surface area contributed by atoms with Gasteiger partial charge in [-0.25, -0.2) is 21.7 Å². The summed E-state index contributed by atoms with van der Waals surface area (Å²) in [5, 5.41) is 4.22. The third kappa shape index (κ3) is 3.81. The maximum Gasteiger partial charge on any atom is 0.264 e. The molecule has 0 spiro atoms. The Bertz CT molecular complexity index is 1360. The van der Waals surface area contributed by atoms with Crippen molar-refractivity contribution in [3.63, 3.8) is 0 Å². The lowest BCUT2D eigenvalue weighted by atomic mass is 10.1. The van der Waals surface area contributed by atoms with Crippen LogP contribution < -0.4 is 4.72 Å². The summed E-state index contributed by atoms with van der Waals surface area (Å²) >= 11 is 2.18. The number of sulfonamides is 1. The standard InChI is InChI=1S/C19H13F2IN4O2S/c1-11-17(25-29(27,28)19-3-2-14(20)8-15(19)21)6-13(9-23-11)12-4-5-26-18(7-12)16(22)10-24-26/h2-10,25H,1H3. The first-order valence-corrected chi connectivity index (χ1v) is 10.9. The van der Waals surface area contributed by atoms with Crippen molar-refractivity contribution in [2.75, 3.05) is 4.72 Å². The lowest BCUT2D eigenvalue weighted by Gasteiger charge is -2.12. The monoisotopic (exact) mass is 526 g/mol. The average Bonchev–Trinajstić information content (AvgIpc) is 3.03. The molecule has 10 heteroatoms. The van der Waals surface area contributed by atoms with Crippen LogP contribution in [0.15, 0.2) is 59.9 Å². The molecule has 0 aliphatic heterocycles. The van der Waals surface area contributed by atoms with Gasteiger partial charge < -0.3 is 0 Å². The second kappa shape index (κ2) is 7.34. The van der Waals surface area contributed by atoms with Gasteiger partial charge in [0.1, 0.15) is 16.5 Å². The van der Waals surface area contributed by atoms with Crippen LogP contribution in [-0.2, 0) is 10.0 Å². The minimum absolute atomic E-state index is 0.203. The van der Waals surface area contributed by atoms with E-state index in [-0.39, 0.29) is 5.69 Å². The highest BCUT2D eigenvalue weighted by Crippen LogP contribution is 2.28. The van der Waals surface area contributed by atoms with Crippen molar-refractivity contribution in [2.24, 2.45) is 0 Å². The highest BCUT2D eigenvalue weighted by atomic mass is 127. The van der Waals surface area contributed by atoms with Gasteiger partial charge >= 0.3 is 0 Å². The first-order valence-electron chi connectivity index (χ1n) is 8.32. The fraction of sp³-hybridized carbons (Fsp3) is 0.0526. The fourth-order valence-electron chi connectivity index (χ4n) is 2.82. The van der Waals surface area contributed by atoms with E-state index in [1.165, 1.54) is 0 Å². The number of rotatable bonds is 4. The largest absolute Gasteiger partial charge is 0.278 e. The molecular weight excluding hydrogens is 513 g/mol. The SMILES string of the molecule is Cc1ncc(-c2ccn3ncc(I)c3c2)cc1NS(=O)(=O)c1ccc(F)cc1F. The average molecular weight is 526 g/mol. The van der Waals surface area contributed by atoms with Gasteiger partial charge in [-0.1, -0.05) is 0 Å². The lowest BCUT2D eigenvalue weighted by Crippen LogP contribution is -2.16. The number of nitrogens with zero attached hydrogens (tertiary/aromatic N) is 3. The van der Waals surface area contributed by atoms with Gasteiger partial charge in [0.05, 0.1) is 26.7 Å². The Morgan fingerprint density at radius 1 is 1.07 bits per heavy atom. The molecule has 29 heavy (non-hydrogen) atoms. The van der Waals surface area contributed by atoms with Crippen molar-refractivity contribution in [3.05, 3.63) is 75.9 Å². The van der Waals surface area contributed by atoms with E-state index in [1.54, 1.807) is 36.1 Å². The smallest absolute Gasteiger partial charge is 0.264 e. The zero-order valence-electron chi connectivity index (χ0n) is 14.9. The van der Waals surface area contributed by atoms with Crippen molar-refractivity contribution in [1.29, 1.82) is 0 Å². The summed E-state index contributed by atoms with van der Waals surface area (Å²) in [4.78, 5) is 3.62. The van der Waals surface area contributed by atoms with E-state index < -0.39 is 26.6 Å². The second-order valence-corrected chi connectivity index (χ2v) is 9.09. The van der Waals surface area contributed by atoms with Crippen LogP contribution >= 0.6 is 22.6 Å². The van der Waals surface area contributed by atoms with E-state index in [9.17, 15) is 17.2 Å². The van der Waals surface area contributed by atoms with Crippen molar-refractivity contribution in [1.82, 2.24) is 14.6 Å². The molecule has 4 rings (SSSR count). The third-order valence-electron chi connectivity index (χ3n) is 4.32. The van der Waals surface area contributed by atoms with Gasteiger partial charge in [-0.2, -0.15) is 5.10 Å². The Kier molecular flexibility index (Phi) is 4.99. The fourth-order valence-corrected chi connectivity index (χ4v) is 4.51. The van der Waals surface area contributed by atoms with Gasteiger partial charge in [-0.05, 0) is 65.4 Å². The normalized spacial score (nSPS) is 11.7. The maximum absolute atomic E-state index is 14.0. The van der Waals surface area contributed by atoms with Crippen LogP contribution in [0.1, 0.15) is 5.69 Å². The Morgan fingerprint density at radius 3 is 2.62 bits per heavy atom. The van der Waals surface area contributed by atoms with Gasteiger partial charge in [0.2, 0.25) is 0 Å². The van der Waals surface area contributed by atoms with Gasteiger partial charge in [-0.15, -0.1) is 0 Å². The van der Waals surface area contributed by atoms with Crippen LogP contribution in [0.3, 0.4) is 0 Å². The highest BCUT2D eigenvalue weighted by Gasteiger charge is 2.21. The van der Waals surface area contributed by atoms with Crippen LogP contribution in [0.25, 0.3) is 16.6 Å². The number of aromatic nitrogens is 3. The second-order valence-electron chi connectivity index (χ2n) is 6.27. The quantitative estimate of drug-likeness (QED) is 0.401. The van der Waals surface area contributed by atoms with Crippen LogP contribution in [0.2, 0.25) is 0 Å². The molecule has 148 valence electrons. The van der Waals surface area contributed by atoms with Gasteiger partial charge in [0.15, 0.2) is 0 Å². The molecule has 0 aliphatic carbocycles. The Morgan fingerprint density at radius 2 is 1.86 bits per heavy atom. The molecule has 0 aliphatic rings. The predicted molar refractivity (Wildman–Crippen MR) is 113 cm³/mol. The number of aryl methyl sites for hydroxylation is 1. The van der Waals surface area contributed by atoms with E-state index in [2.05, 4.69) is 37.4 Å². The molecule has 0 radical (unpaired) electrons. The number of pyridine rings is 2. The summed E-state index contributed by atoms with van der Waals surface area (Å²) in [7, 11) is -4.26. The van der Waals surface area contributed by atoms with Crippen LogP contribution in [-0.4, -0.2) is 23.0 Å². The summed E-state index contributed by atoms with van der Waals surface area (Å²) in [6.45, 7) is 1.63. The molecule has 0 saturated carbocycles. The van der Waals surface area contributed by atoms with Gasteiger partial charge in [0, 0.05) is 24.0 Å². The number of nitrogens with one attached hydrogen (secondary N) is 1. The molecule has 0 fully saturated rings. The molecule has 4 aromatic rings. The zero-order chi connectivity index (χ0) is 20.8. The number of halogens is 3. The number of hydrogen-bond acceptors (Lipinski definition) is 4. The van der Waals surface area contributed by atoms with E-state index in [0.29, 0.717) is 17.3 Å². The van der Waals surface area contributed by atoms with Gasteiger partial charge in [0.25, 0.3) is 10.0 Å². The van der Waals surface area contributed by atoms with Crippen molar-refractivity contribution in [3.8, 4) is 11.1 Å². The lowest BCUT2D eigenvalue weighted by molar-refractivity contribution is 0.551. The van der Waals surface area contributed by atoms with Gasteiger partial charge in [-0.3, -0.25) is 9.71 Å². The third-order valence-corrected chi connectivity index (χ3v) is 6.55. The summed E-state index contributed by atoms with van der Waals surface area (Å²) in [5.74, 6) is -2.02. The summed E-state index contributed by atoms with van der Waals surface area (Å²) in [5.41, 5.74) is 3.01. The zero-order valence-corrected chi connectivity index (χ0v) is 17.9. The Labute approximate surface area is 178 Å². The first kappa shape index (κ1) is 19.7. The maximum atomic E-state index is 14.0. The Hall–Kier alpha value is -2.60. The Balaban J connectivity index is 1.74. The molecule has 1 N–H and O–H groups in total. The molecule has 0 bridgehead atoms. The molecule has 0 unspecified atom stereocenters. The van der Waals surface area contributed by atoms with E-state index in [4.69, 9.17) is 0 Å². The van der Waals surface area contributed by atoms with E-state index in [1.807, 2.05) is 12.1 Å².